The molecule has 2 saturated heterocycles. The molecule has 46 heavy (non-hydrogen) atoms. The molecule has 2 aliphatic heterocycles. The van der Waals surface area contributed by atoms with Crippen LogP contribution in [-0.2, 0) is 4.79 Å². The van der Waals surface area contributed by atoms with Gasteiger partial charge in [-0.2, -0.15) is 8.78 Å². The van der Waals surface area contributed by atoms with E-state index in [1.807, 2.05) is 0 Å². The topological polar surface area (TPSA) is 96.5 Å². The number of nitrogens with zero attached hydrogens (tertiary/aromatic N) is 4. The van der Waals surface area contributed by atoms with E-state index in [4.69, 9.17) is 14.5 Å². The van der Waals surface area contributed by atoms with Gasteiger partial charge in [0.05, 0.1) is 14.2 Å². The molecule has 14 heteroatoms. The number of hydrogen-bond acceptors (Lipinski definition) is 8. The zero-order chi connectivity index (χ0) is 33.3. The fraction of sp³-hybridized carbons (Fsp3) is 0.406. The van der Waals surface area contributed by atoms with E-state index in [-0.39, 0.29) is 41.5 Å². The SMILES string of the molecule is COc1cc(N2C[C@@H](C)N(C)[C@@H](C)C2)nc(N2C[C@@H](c3c(F)cc(OC)cc3F)C(NC(=O)c3ccc(OC(F)F)cc3)C2=O)c1. The van der Waals surface area contributed by atoms with Crippen LogP contribution in [0.1, 0.15) is 35.7 Å². The van der Waals surface area contributed by atoms with E-state index in [2.05, 4.69) is 40.7 Å². The van der Waals surface area contributed by atoms with Crippen LogP contribution >= 0.6 is 0 Å². The van der Waals surface area contributed by atoms with Gasteiger partial charge in [-0.15, -0.1) is 0 Å². The summed E-state index contributed by atoms with van der Waals surface area (Å²) in [6.07, 6.45) is 0. The Morgan fingerprint density at radius 2 is 1.46 bits per heavy atom. The van der Waals surface area contributed by atoms with Gasteiger partial charge in [0.2, 0.25) is 0 Å². The van der Waals surface area contributed by atoms with Gasteiger partial charge in [-0.05, 0) is 45.2 Å². The maximum atomic E-state index is 15.4. The zero-order valence-corrected chi connectivity index (χ0v) is 26.0. The summed E-state index contributed by atoms with van der Waals surface area (Å²) in [6, 6.07) is 9.16. The Morgan fingerprint density at radius 1 is 0.891 bits per heavy atom. The standard InChI is InChI=1S/C32H35F4N5O5/c1-17-14-40(15-18(2)39(17)3)26-12-22(45-5)13-27(37-26)41-16-23(28-24(33)10-21(44-4)11-25(28)34)29(31(41)43)38-30(42)19-6-8-20(9-7-19)46-32(35)36/h6-13,17-18,23,29,32H,14-16H2,1-5H3,(H,38,42)/t17-,18+,23-,29?/m0/s1. The first-order valence-electron chi connectivity index (χ1n) is 14.6. The molecule has 2 amide bonds. The summed E-state index contributed by atoms with van der Waals surface area (Å²) in [4.78, 5) is 37.7. The second-order valence-electron chi connectivity index (χ2n) is 11.4. The van der Waals surface area contributed by atoms with E-state index in [1.165, 1.54) is 43.4 Å². The van der Waals surface area contributed by atoms with Crippen molar-refractivity contribution in [2.75, 3.05) is 50.7 Å². The van der Waals surface area contributed by atoms with Crippen molar-refractivity contribution < 1.29 is 41.4 Å². The smallest absolute Gasteiger partial charge is 0.387 e. The summed E-state index contributed by atoms with van der Waals surface area (Å²) in [5, 5.41) is 2.60. The van der Waals surface area contributed by atoms with Crippen LogP contribution in [0.4, 0.5) is 29.2 Å². The van der Waals surface area contributed by atoms with Crippen LogP contribution in [0.2, 0.25) is 0 Å². The third kappa shape index (κ3) is 6.66. The lowest BCUT2D eigenvalue weighted by Gasteiger charge is -2.43. The number of anilines is 2. The van der Waals surface area contributed by atoms with E-state index in [1.54, 1.807) is 12.1 Å². The Kier molecular flexibility index (Phi) is 9.56. The normalized spacial score (nSPS) is 21.9. The Balaban J connectivity index is 1.51. The minimum Gasteiger partial charge on any atom is -0.497 e. The number of piperazine rings is 1. The molecular weight excluding hydrogens is 610 g/mol. The Labute approximate surface area is 263 Å². The molecule has 2 aliphatic rings. The van der Waals surface area contributed by atoms with E-state index < -0.39 is 47.6 Å². The lowest BCUT2D eigenvalue weighted by molar-refractivity contribution is -0.118. The Bertz CT molecular complexity index is 1560. The maximum Gasteiger partial charge on any atom is 0.387 e. The Morgan fingerprint density at radius 3 is 2.02 bits per heavy atom. The number of alkyl halides is 2. The highest BCUT2D eigenvalue weighted by Gasteiger charge is 2.46. The summed E-state index contributed by atoms with van der Waals surface area (Å²) < 4.78 is 70.9. The molecule has 0 spiro atoms. The molecule has 1 aromatic heterocycles. The largest absolute Gasteiger partial charge is 0.497 e. The number of benzene rings is 2. The van der Waals surface area contributed by atoms with Crippen LogP contribution in [-0.4, -0.2) is 87.3 Å². The molecule has 1 N–H and O–H groups in total. The fourth-order valence-corrected chi connectivity index (χ4v) is 5.89. The molecule has 0 radical (unpaired) electrons. The number of rotatable bonds is 9. The second-order valence-corrected chi connectivity index (χ2v) is 11.4. The highest BCUT2D eigenvalue weighted by molar-refractivity contribution is 6.04. The summed E-state index contributed by atoms with van der Waals surface area (Å²) in [7, 11) is 4.80. The molecule has 5 rings (SSSR count). The quantitative estimate of drug-likeness (QED) is 0.342. The zero-order valence-electron chi connectivity index (χ0n) is 26.0. The molecule has 2 fully saturated rings. The molecule has 246 valence electrons. The number of amides is 2. The summed E-state index contributed by atoms with van der Waals surface area (Å²) >= 11 is 0. The number of ether oxygens (including phenoxy) is 3. The molecule has 2 aromatic carbocycles. The van der Waals surface area contributed by atoms with Crippen molar-refractivity contribution in [1.82, 2.24) is 15.2 Å². The number of methoxy groups -OCH3 is 2. The Hall–Kier alpha value is -4.59. The first-order chi connectivity index (χ1) is 21.9. The summed E-state index contributed by atoms with van der Waals surface area (Å²) in [6.45, 7) is 2.26. The summed E-state index contributed by atoms with van der Waals surface area (Å²) in [5.74, 6) is -3.56. The highest BCUT2D eigenvalue weighted by atomic mass is 19.3. The molecule has 10 nitrogen and oxygen atoms in total. The number of aromatic nitrogens is 1. The first-order valence-corrected chi connectivity index (χ1v) is 14.6. The number of pyridine rings is 1. The van der Waals surface area contributed by atoms with E-state index in [9.17, 15) is 18.4 Å². The predicted octanol–water partition coefficient (Wildman–Crippen LogP) is 4.44. The highest BCUT2D eigenvalue weighted by Crippen LogP contribution is 2.38. The van der Waals surface area contributed by atoms with Gasteiger partial charge >= 0.3 is 6.61 Å². The number of likely N-dealkylation sites (N-methyl/N-ethyl adjacent to an activating group) is 1. The molecule has 0 bridgehead atoms. The number of hydrogen-bond donors (Lipinski definition) is 1. The van der Waals surface area contributed by atoms with Crippen molar-refractivity contribution in [2.24, 2.45) is 0 Å². The van der Waals surface area contributed by atoms with Crippen LogP contribution in [0.3, 0.4) is 0 Å². The number of carbonyl (C=O) groups is 2. The van der Waals surface area contributed by atoms with Crippen LogP contribution in [0.5, 0.6) is 17.2 Å². The van der Waals surface area contributed by atoms with Gasteiger partial charge < -0.3 is 24.4 Å². The van der Waals surface area contributed by atoms with Gasteiger partial charge in [0.25, 0.3) is 11.8 Å². The lowest BCUT2D eigenvalue weighted by atomic mass is 9.92. The second kappa shape index (κ2) is 13.4. The monoisotopic (exact) mass is 645 g/mol. The molecular formula is C32H35F4N5O5. The summed E-state index contributed by atoms with van der Waals surface area (Å²) in [5.41, 5.74) is -0.394. The van der Waals surface area contributed by atoms with Crippen LogP contribution in [0, 0.1) is 11.6 Å². The molecule has 0 aliphatic carbocycles. The van der Waals surface area contributed by atoms with E-state index >= 15 is 8.78 Å². The molecule has 1 unspecified atom stereocenters. The van der Waals surface area contributed by atoms with Gasteiger partial charge in [-0.1, -0.05) is 0 Å². The average molecular weight is 646 g/mol. The maximum absolute atomic E-state index is 15.4. The van der Waals surface area contributed by atoms with Crippen molar-refractivity contribution in [1.29, 1.82) is 0 Å². The third-order valence-corrected chi connectivity index (χ3v) is 8.57. The van der Waals surface area contributed by atoms with E-state index in [0.29, 0.717) is 24.7 Å². The molecule has 3 aromatic rings. The molecule has 0 saturated carbocycles. The average Bonchev–Trinajstić information content (AvgIpc) is 3.33. The number of halogens is 4. The van der Waals surface area contributed by atoms with Gasteiger partial charge in [0.1, 0.15) is 46.6 Å². The van der Waals surface area contributed by atoms with Crippen LogP contribution < -0.4 is 29.3 Å². The van der Waals surface area contributed by atoms with Crippen LogP contribution in [0.25, 0.3) is 0 Å². The van der Waals surface area contributed by atoms with Crippen molar-refractivity contribution in [2.45, 2.75) is 44.5 Å². The van der Waals surface area contributed by atoms with Gasteiger partial charge in [0.15, 0.2) is 0 Å². The van der Waals surface area contributed by atoms with Gasteiger partial charge in [-0.3, -0.25) is 19.4 Å². The first kappa shape index (κ1) is 32.8. The minimum absolute atomic E-state index is 0.0161. The van der Waals surface area contributed by atoms with Crippen molar-refractivity contribution in [3.63, 3.8) is 0 Å². The molecule has 3 heterocycles. The predicted molar refractivity (Wildman–Crippen MR) is 162 cm³/mol. The fourth-order valence-electron chi connectivity index (χ4n) is 5.89. The lowest BCUT2D eigenvalue weighted by Crippen LogP contribution is -2.55. The third-order valence-electron chi connectivity index (χ3n) is 8.57. The van der Waals surface area contributed by atoms with E-state index in [0.717, 1.165) is 12.1 Å². The van der Waals surface area contributed by atoms with Crippen molar-refractivity contribution in [3.8, 4) is 17.2 Å². The van der Waals surface area contributed by atoms with Gasteiger partial charge in [0, 0.05) is 73.0 Å². The molecule has 4 atom stereocenters. The number of nitrogens with one attached hydrogen (secondary N) is 1. The van der Waals surface area contributed by atoms with Crippen molar-refractivity contribution >= 4 is 23.5 Å². The van der Waals surface area contributed by atoms with Gasteiger partial charge in [-0.25, -0.2) is 13.8 Å². The number of carbonyl (C=O) groups excluding carboxylic acids is 2. The minimum atomic E-state index is -3.05. The van der Waals surface area contributed by atoms with Crippen LogP contribution in [0.15, 0.2) is 48.5 Å². The van der Waals surface area contributed by atoms with Crippen molar-refractivity contribution in [3.05, 3.63) is 71.3 Å².